The SMILES string of the molecule is CC(=O)Nc1nc(C)c(C)c(NC(C)=O)n1. The van der Waals surface area contributed by atoms with Gasteiger partial charge in [0.1, 0.15) is 5.82 Å². The Balaban J connectivity index is 3.11. The lowest BCUT2D eigenvalue weighted by Crippen LogP contribution is -2.15. The Hall–Kier alpha value is -1.98. The van der Waals surface area contributed by atoms with Crippen molar-refractivity contribution in [1.29, 1.82) is 0 Å². The lowest BCUT2D eigenvalue weighted by atomic mass is 10.2. The molecule has 0 aliphatic rings. The highest BCUT2D eigenvalue weighted by Gasteiger charge is 2.09. The molecule has 0 aromatic carbocycles. The lowest BCUT2D eigenvalue weighted by Gasteiger charge is -2.10. The number of aryl methyl sites for hydroxylation is 1. The highest BCUT2D eigenvalue weighted by atomic mass is 16.2. The molecule has 0 aliphatic carbocycles. The first kappa shape index (κ1) is 12.1. The van der Waals surface area contributed by atoms with Crippen LogP contribution in [0.5, 0.6) is 0 Å². The maximum atomic E-state index is 11.0. The molecule has 0 atom stereocenters. The summed E-state index contributed by atoms with van der Waals surface area (Å²) in [5.41, 5.74) is 1.49. The monoisotopic (exact) mass is 222 g/mol. The van der Waals surface area contributed by atoms with E-state index in [2.05, 4.69) is 20.6 Å². The van der Waals surface area contributed by atoms with Gasteiger partial charge in [0.15, 0.2) is 0 Å². The Labute approximate surface area is 93.5 Å². The van der Waals surface area contributed by atoms with Crippen LogP contribution in [0.2, 0.25) is 0 Å². The second kappa shape index (κ2) is 4.69. The normalized spacial score (nSPS) is 9.75. The van der Waals surface area contributed by atoms with Gasteiger partial charge in [-0.05, 0) is 13.8 Å². The summed E-state index contributed by atoms with van der Waals surface area (Å²) in [5.74, 6) is 0.148. The Morgan fingerprint density at radius 2 is 1.56 bits per heavy atom. The molecule has 86 valence electrons. The molecular weight excluding hydrogens is 208 g/mol. The van der Waals surface area contributed by atoms with Crippen LogP contribution in [0, 0.1) is 13.8 Å². The first-order valence-electron chi connectivity index (χ1n) is 4.80. The number of hydrogen-bond donors (Lipinski definition) is 2. The number of amides is 2. The predicted molar refractivity (Wildman–Crippen MR) is 60.1 cm³/mol. The molecule has 16 heavy (non-hydrogen) atoms. The number of rotatable bonds is 2. The molecule has 0 spiro atoms. The van der Waals surface area contributed by atoms with E-state index in [1.54, 1.807) is 13.8 Å². The van der Waals surface area contributed by atoms with E-state index in [0.29, 0.717) is 11.5 Å². The third kappa shape index (κ3) is 3.01. The fourth-order valence-electron chi connectivity index (χ4n) is 1.13. The van der Waals surface area contributed by atoms with Crippen molar-refractivity contribution >= 4 is 23.6 Å². The van der Waals surface area contributed by atoms with Crippen molar-refractivity contribution in [3.63, 3.8) is 0 Å². The zero-order chi connectivity index (χ0) is 12.3. The molecule has 6 heteroatoms. The average Bonchev–Trinajstić information content (AvgIpc) is 2.11. The summed E-state index contributed by atoms with van der Waals surface area (Å²) in [6.45, 7) is 6.36. The number of nitrogens with one attached hydrogen (secondary N) is 2. The van der Waals surface area contributed by atoms with Crippen molar-refractivity contribution in [3.8, 4) is 0 Å². The van der Waals surface area contributed by atoms with Crippen LogP contribution in [-0.2, 0) is 9.59 Å². The molecule has 0 saturated heterocycles. The molecule has 1 aromatic rings. The van der Waals surface area contributed by atoms with Crippen LogP contribution in [0.1, 0.15) is 25.1 Å². The van der Waals surface area contributed by atoms with Gasteiger partial charge in [0.05, 0.1) is 0 Å². The molecule has 1 rings (SSSR count). The van der Waals surface area contributed by atoms with E-state index < -0.39 is 0 Å². The fraction of sp³-hybridized carbons (Fsp3) is 0.400. The topological polar surface area (TPSA) is 84.0 Å². The van der Waals surface area contributed by atoms with Gasteiger partial charge < -0.3 is 5.32 Å². The second-order valence-corrected chi connectivity index (χ2v) is 3.47. The molecule has 0 unspecified atom stereocenters. The summed E-state index contributed by atoms with van der Waals surface area (Å²) >= 11 is 0. The summed E-state index contributed by atoms with van der Waals surface area (Å²) in [6.07, 6.45) is 0. The minimum Gasteiger partial charge on any atom is -0.311 e. The van der Waals surface area contributed by atoms with Crippen molar-refractivity contribution in [3.05, 3.63) is 11.3 Å². The maximum absolute atomic E-state index is 11.0. The van der Waals surface area contributed by atoms with Crippen LogP contribution in [0.3, 0.4) is 0 Å². The lowest BCUT2D eigenvalue weighted by molar-refractivity contribution is -0.115. The van der Waals surface area contributed by atoms with Gasteiger partial charge >= 0.3 is 0 Å². The zero-order valence-electron chi connectivity index (χ0n) is 9.71. The van der Waals surface area contributed by atoms with Gasteiger partial charge in [0.25, 0.3) is 0 Å². The van der Waals surface area contributed by atoms with Crippen LogP contribution in [-0.4, -0.2) is 21.8 Å². The molecule has 1 aromatic heterocycles. The quantitative estimate of drug-likeness (QED) is 0.782. The number of carbonyl (C=O) groups is 2. The number of carbonyl (C=O) groups excluding carboxylic acids is 2. The largest absolute Gasteiger partial charge is 0.311 e. The molecule has 6 nitrogen and oxygen atoms in total. The van der Waals surface area contributed by atoms with Crippen molar-refractivity contribution in [2.24, 2.45) is 0 Å². The first-order chi connectivity index (χ1) is 7.40. The molecule has 0 fully saturated rings. The molecule has 0 bridgehead atoms. The van der Waals surface area contributed by atoms with Gasteiger partial charge in [-0.1, -0.05) is 0 Å². The van der Waals surface area contributed by atoms with Crippen molar-refractivity contribution < 1.29 is 9.59 Å². The van der Waals surface area contributed by atoms with E-state index in [4.69, 9.17) is 0 Å². The Morgan fingerprint density at radius 1 is 1.00 bits per heavy atom. The summed E-state index contributed by atoms with van der Waals surface area (Å²) in [6, 6.07) is 0. The van der Waals surface area contributed by atoms with E-state index >= 15 is 0 Å². The Kier molecular flexibility index (Phi) is 3.55. The minimum absolute atomic E-state index is 0.194. The maximum Gasteiger partial charge on any atom is 0.231 e. The second-order valence-electron chi connectivity index (χ2n) is 3.47. The van der Waals surface area contributed by atoms with Crippen molar-refractivity contribution in [1.82, 2.24) is 9.97 Å². The fourth-order valence-corrected chi connectivity index (χ4v) is 1.13. The molecular formula is C10H14N4O2. The Bertz CT molecular complexity index is 443. The standard InChI is InChI=1S/C10H14N4O2/c1-5-6(2)11-10(13-8(4)16)14-9(5)12-7(3)15/h1-4H3,(H2,11,12,13,14,15,16). The van der Waals surface area contributed by atoms with Gasteiger partial charge in [-0.25, -0.2) is 4.98 Å². The van der Waals surface area contributed by atoms with Crippen LogP contribution >= 0.6 is 0 Å². The van der Waals surface area contributed by atoms with Crippen LogP contribution in [0.15, 0.2) is 0 Å². The van der Waals surface area contributed by atoms with E-state index in [1.807, 2.05) is 0 Å². The number of hydrogen-bond acceptors (Lipinski definition) is 4. The van der Waals surface area contributed by atoms with Crippen LogP contribution in [0.25, 0.3) is 0 Å². The van der Waals surface area contributed by atoms with Gasteiger partial charge in [-0.2, -0.15) is 4.98 Å². The highest BCUT2D eigenvalue weighted by molar-refractivity contribution is 5.90. The van der Waals surface area contributed by atoms with E-state index in [9.17, 15) is 9.59 Å². The highest BCUT2D eigenvalue weighted by Crippen LogP contribution is 2.16. The number of nitrogens with zero attached hydrogens (tertiary/aromatic N) is 2. The van der Waals surface area contributed by atoms with Gasteiger partial charge in [0.2, 0.25) is 17.8 Å². The number of aromatic nitrogens is 2. The number of anilines is 2. The predicted octanol–water partition coefficient (Wildman–Crippen LogP) is 1.01. The molecule has 2 amide bonds. The Morgan fingerprint density at radius 3 is 2.06 bits per heavy atom. The van der Waals surface area contributed by atoms with E-state index in [0.717, 1.165) is 5.56 Å². The van der Waals surface area contributed by atoms with Crippen LogP contribution < -0.4 is 10.6 Å². The summed E-state index contributed by atoms with van der Waals surface area (Å²) in [4.78, 5) is 29.9. The zero-order valence-corrected chi connectivity index (χ0v) is 9.71. The molecule has 0 radical (unpaired) electrons. The summed E-state index contributed by atoms with van der Waals surface area (Å²) in [5, 5.41) is 5.06. The van der Waals surface area contributed by atoms with Gasteiger partial charge in [-0.15, -0.1) is 0 Å². The van der Waals surface area contributed by atoms with Crippen LogP contribution in [0.4, 0.5) is 11.8 Å². The average molecular weight is 222 g/mol. The van der Waals surface area contributed by atoms with Crippen molar-refractivity contribution in [2.45, 2.75) is 27.7 Å². The third-order valence-corrected chi connectivity index (χ3v) is 1.97. The smallest absolute Gasteiger partial charge is 0.231 e. The van der Waals surface area contributed by atoms with E-state index in [1.165, 1.54) is 13.8 Å². The summed E-state index contributed by atoms with van der Waals surface area (Å²) in [7, 11) is 0. The molecule has 0 aliphatic heterocycles. The van der Waals surface area contributed by atoms with Crippen molar-refractivity contribution in [2.75, 3.05) is 10.6 Å². The minimum atomic E-state index is -0.253. The van der Waals surface area contributed by atoms with Gasteiger partial charge in [0, 0.05) is 25.1 Å². The third-order valence-electron chi connectivity index (χ3n) is 1.97. The molecule has 2 N–H and O–H groups in total. The molecule has 0 saturated carbocycles. The molecule has 1 heterocycles. The van der Waals surface area contributed by atoms with Gasteiger partial charge in [-0.3, -0.25) is 14.9 Å². The first-order valence-corrected chi connectivity index (χ1v) is 4.80. The van der Waals surface area contributed by atoms with E-state index in [-0.39, 0.29) is 17.8 Å². The summed E-state index contributed by atoms with van der Waals surface area (Å²) < 4.78 is 0.